The number of likely N-dealkylation sites (N-methyl/N-ethyl adjacent to an activating group) is 1. The van der Waals surface area contributed by atoms with E-state index in [0.29, 0.717) is 29.3 Å². The maximum atomic E-state index is 13.0. The molecule has 4 heterocycles. The van der Waals surface area contributed by atoms with Gasteiger partial charge in [-0.15, -0.1) is 6.42 Å². The summed E-state index contributed by atoms with van der Waals surface area (Å²) in [6, 6.07) is 13.6. The highest BCUT2D eigenvalue weighted by Crippen LogP contribution is 2.22. The number of benzene rings is 1. The van der Waals surface area contributed by atoms with Crippen molar-refractivity contribution in [3.8, 4) is 18.2 Å². The molecule has 5 rings (SSSR count). The van der Waals surface area contributed by atoms with Crippen LogP contribution in [-0.2, 0) is 11.3 Å². The molecule has 0 saturated carbocycles. The average molecular weight is 526 g/mol. The molecule has 0 bridgehead atoms. The van der Waals surface area contributed by atoms with E-state index in [4.69, 9.17) is 6.42 Å². The molecular weight excluding hydrogens is 494 g/mol. The fraction of sp³-hybridized carbons (Fsp3) is 0.321. The summed E-state index contributed by atoms with van der Waals surface area (Å²) in [5.41, 5.74) is 2.90. The number of pyridine rings is 1. The van der Waals surface area contributed by atoms with Crippen LogP contribution in [0.1, 0.15) is 5.69 Å². The SMILES string of the molecule is C#CCn1c(=O)c2cnc(Nc3ccc(N4CCN(CC(=O)N(C)C)CC4)cc3)nc2n1-c1cccc(C)n1. The second kappa shape index (κ2) is 11.0. The molecule has 0 unspecified atom stereocenters. The molecule has 1 aromatic carbocycles. The highest BCUT2D eigenvalue weighted by molar-refractivity contribution is 5.78. The average Bonchev–Trinajstić information content (AvgIpc) is 3.20. The summed E-state index contributed by atoms with van der Waals surface area (Å²) in [5, 5.41) is 3.60. The van der Waals surface area contributed by atoms with E-state index < -0.39 is 0 Å². The molecule has 1 saturated heterocycles. The molecule has 0 aliphatic carbocycles. The lowest BCUT2D eigenvalue weighted by Gasteiger charge is -2.36. The van der Waals surface area contributed by atoms with E-state index in [9.17, 15) is 9.59 Å². The number of carbonyl (C=O) groups is 1. The summed E-state index contributed by atoms with van der Waals surface area (Å²) in [7, 11) is 3.57. The van der Waals surface area contributed by atoms with Crippen molar-refractivity contribution in [1.29, 1.82) is 0 Å². The second-order valence-electron chi connectivity index (χ2n) is 9.67. The monoisotopic (exact) mass is 525 g/mol. The van der Waals surface area contributed by atoms with Gasteiger partial charge in [-0.1, -0.05) is 12.0 Å². The topological polar surface area (TPSA) is 104 Å². The Morgan fingerprint density at radius 1 is 1.08 bits per heavy atom. The normalized spacial score (nSPS) is 13.8. The highest BCUT2D eigenvalue weighted by atomic mass is 16.2. The number of rotatable bonds is 7. The van der Waals surface area contributed by atoms with Gasteiger partial charge < -0.3 is 15.1 Å². The van der Waals surface area contributed by atoms with Crippen molar-refractivity contribution < 1.29 is 4.79 Å². The third-order valence-corrected chi connectivity index (χ3v) is 6.73. The Morgan fingerprint density at radius 3 is 2.49 bits per heavy atom. The molecule has 0 spiro atoms. The van der Waals surface area contributed by atoms with Crippen LogP contribution in [0, 0.1) is 19.3 Å². The van der Waals surface area contributed by atoms with Gasteiger partial charge in [-0.3, -0.25) is 14.5 Å². The zero-order valence-electron chi connectivity index (χ0n) is 22.3. The highest BCUT2D eigenvalue weighted by Gasteiger charge is 2.20. The summed E-state index contributed by atoms with van der Waals surface area (Å²) >= 11 is 0. The lowest BCUT2D eigenvalue weighted by atomic mass is 10.2. The number of piperazine rings is 1. The molecule has 1 amide bonds. The van der Waals surface area contributed by atoms with Crippen molar-refractivity contribution in [2.75, 3.05) is 57.0 Å². The van der Waals surface area contributed by atoms with Crippen molar-refractivity contribution >= 4 is 34.3 Å². The van der Waals surface area contributed by atoms with Crippen molar-refractivity contribution in [2.45, 2.75) is 13.5 Å². The van der Waals surface area contributed by atoms with Crippen LogP contribution in [0.3, 0.4) is 0 Å². The van der Waals surface area contributed by atoms with Crippen LogP contribution in [0.4, 0.5) is 17.3 Å². The number of aryl methyl sites for hydroxylation is 1. The maximum Gasteiger partial charge on any atom is 0.279 e. The third kappa shape index (κ3) is 5.46. The second-order valence-corrected chi connectivity index (χ2v) is 9.67. The van der Waals surface area contributed by atoms with Crippen LogP contribution in [0.15, 0.2) is 53.5 Å². The summed E-state index contributed by atoms with van der Waals surface area (Å²) < 4.78 is 3.09. The molecule has 0 atom stereocenters. The molecule has 11 nitrogen and oxygen atoms in total. The van der Waals surface area contributed by atoms with Crippen LogP contribution in [0.25, 0.3) is 16.9 Å². The van der Waals surface area contributed by atoms with Gasteiger partial charge in [-0.05, 0) is 43.3 Å². The molecule has 39 heavy (non-hydrogen) atoms. The number of hydrogen-bond donors (Lipinski definition) is 1. The van der Waals surface area contributed by atoms with Gasteiger partial charge in [0.25, 0.3) is 5.56 Å². The van der Waals surface area contributed by atoms with E-state index in [2.05, 4.69) is 48.1 Å². The number of hydrogen-bond acceptors (Lipinski definition) is 8. The molecule has 200 valence electrons. The van der Waals surface area contributed by atoms with E-state index in [1.54, 1.807) is 23.7 Å². The molecule has 1 fully saturated rings. The van der Waals surface area contributed by atoms with E-state index in [1.807, 2.05) is 37.3 Å². The summed E-state index contributed by atoms with van der Waals surface area (Å²) in [4.78, 5) is 44.8. The van der Waals surface area contributed by atoms with Crippen molar-refractivity contribution in [3.05, 3.63) is 64.7 Å². The first-order chi connectivity index (χ1) is 18.8. The standard InChI is InChI=1S/C28H31N9O2/c1-5-13-36-27(39)23-18-29-28(32-26(23)37(36)24-8-6-7-20(2)30-24)31-21-9-11-22(12-10-21)35-16-14-34(15-17-35)19-25(38)33(3)4/h1,6-12,18H,13-17,19H2,2-4H3,(H,29,31,32). The Kier molecular flexibility index (Phi) is 7.29. The third-order valence-electron chi connectivity index (χ3n) is 6.73. The van der Waals surface area contributed by atoms with Crippen molar-refractivity contribution in [3.63, 3.8) is 0 Å². The number of carbonyl (C=O) groups excluding carboxylic acids is 1. The van der Waals surface area contributed by atoms with Gasteiger partial charge >= 0.3 is 0 Å². The van der Waals surface area contributed by atoms with Gasteiger partial charge in [-0.25, -0.2) is 19.3 Å². The molecule has 1 aliphatic heterocycles. The summed E-state index contributed by atoms with van der Waals surface area (Å²) in [6.07, 6.45) is 7.07. The van der Waals surface area contributed by atoms with Crippen LogP contribution >= 0.6 is 0 Å². The van der Waals surface area contributed by atoms with Crippen molar-refractivity contribution in [1.82, 2.24) is 34.1 Å². The first-order valence-electron chi connectivity index (χ1n) is 12.7. The Balaban J connectivity index is 1.34. The van der Waals surface area contributed by atoms with Crippen molar-refractivity contribution in [2.24, 2.45) is 0 Å². The van der Waals surface area contributed by atoms with E-state index >= 15 is 0 Å². The molecule has 4 aromatic rings. The van der Waals surface area contributed by atoms with Crippen LogP contribution in [0.2, 0.25) is 0 Å². The number of nitrogens with zero attached hydrogens (tertiary/aromatic N) is 8. The molecular formula is C28H31N9O2. The van der Waals surface area contributed by atoms with Gasteiger partial charge in [0.15, 0.2) is 11.5 Å². The molecule has 3 aromatic heterocycles. The van der Waals surface area contributed by atoms with Crippen LogP contribution in [0.5, 0.6) is 0 Å². The maximum absolute atomic E-state index is 13.0. The minimum Gasteiger partial charge on any atom is -0.369 e. The fourth-order valence-electron chi connectivity index (χ4n) is 4.58. The van der Waals surface area contributed by atoms with Gasteiger partial charge in [0, 0.05) is 63.5 Å². The number of fused-ring (bicyclic) bond motifs is 1. The Hall–Kier alpha value is -4.69. The summed E-state index contributed by atoms with van der Waals surface area (Å²) in [6.45, 7) is 5.80. The minimum absolute atomic E-state index is 0.0786. The number of anilines is 3. The molecule has 0 radical (unpaired) electrons. The zero-order chi connectivity index (χ0) is 27.5. The zero-order valence-corrected chi connectivity index (χ0v) is 22.3. The molecule has 11 heteroatoms. The molecule has 1 aliphatic rings. The van der Waals surface area contributed by atoms with E-state index in [-0.39, 0.29) is 18.0 Å². The van der Waals surface area contributed by atoms with E-state index in [1.165, 1.54) is 10.9 Å². The number of nitrogens with one attached hydrogen (secondary N) is 1. The number of aromatic nitrogens is 5. The van der Waals surface area contributed by atoms with Gasteiger partial charge in [0.1, 0.15) is 11.9 Å². The van der Waals surface area contributed by atoms with Crippen LogP contribution < -0.4 is 15.8 Å². The lowest BCUT2D eigenvalue weighted by molar-refractivity contribution is -0.129. The fourth-order valence-corrected chi connectivity index (χ4v) is 4.58. The largest absolute Gasteiger partial charge is 0.369 e. The molecule has 1 N–H and O–H groups in total. The lowest BCUT2D eigenvalue weighted by Crippen LogP contribution is -2.49. The first-order valence-corrected chi connectivity index (χ1v) is 12.7. The van der Waals surface area contributed by atoms with Crippen LogP contribution in [-0.4, -0.2) is 86.8 Å². The smallest absolute Gasteiger partial charge is 0.279 e. The number of amides is 1. The number of terminal acetylenes is 1. The summed E-state index contributed by atoms with van der Waals surface area (Å²) in [5.74, 6) is 3.57. The van der Waals surface area contributed by atoms with Gasteiger partial charge in [0.2, 0.25) is 11.9 Å². The Morgan fingerprint density at radius 2 is 1.82 bits per heavy atom. The first kappa shape index (κ1) is 25.9. The van der Waals surface area contributed by atoms with E-state index in [0.717, 1.165) is 43.2 Å². The Bertz CT molecular complexity index is 1590. The Labute approximate surface area is 226 Å². The predicted octanol–water partition coefficient (Wildman–Crippen LogP) is 1.87. The quantitative estimate of drug-likeness (QED) is 0.365. The minimum atomic E-state index is -0.270. The van der Waals surface area contributed by atoms with Gasteiger partial charge in [0.05, 0.1) is 6.54 Å². The predicted molar refractivity (Wildman–Crippen MR) is 152 cm³/mol. The van der Waals surface area contributed by atoms with Gasteiger partial charge in [-0.2, -0.15) is 4.98 Å².